The van der Waals surface area contributed by atoms with Gasteiger partial charge in [-0.1, -0.05) is 36.4 Å². The number of amides is 1. The first-order valence-electron chi connectivity index (χ1n) is 12.0. The maximum Gasteiger partial charge on any atom is 0.274 e. The number of para-hydroxylation sites is 1. The van der Waals surface area contributed by atoms with E-state index in [9.17, 15) is 18.0 Å². The third-order valence-corrected chi connectivity index (χ3v) is 8.06. The second kappa shape index (κ2) is 10.7. The number of rotatable bonds is 7. The van der Waals surface area contributed by atoms with Crippen LogP contribution in [0.4, 0.5) is 5.69 Å². The Balaban J connectivity index is 1.48. The molecule has 5 rings (SSSR count). The van der Waals surface area contributed by atoms with E-state index in [1.807, 2.05) is 6.07 Å². The highest BCUT2D eigenvalue weighted by Crippen LogP contribution is 2.33. The van der Waals surface area contributed by atoms with Crippen molar-refractivity contribution < 1.29 is 22.7 Å². The van der Waals surface area contributed by atoms with Crippen LogP contribution in [-0.4, -0.2) is 54.7 Å². The molecule has 1 fully saturated rings. The van der Waals surface area contributed by atoms with Gasteiger partial charge in [-0.3, -0.25) is 9.59 Å². The number of carbonyl (C=O) groups excluding carboxylic acids is 1. The van der Waals surface area contributed by atoms with E-state index >= 15 is 0 Å². The van der Waals surface area contributed by atoms with Gasteiger partial charge in [0, 0.05) is 25.5 Å². The number of nitrogens with one attached hydrogen (secondary N) is 1. The Morgan fingerprint density at radius 2 is 1.68 bits per heavy atom. The smallest absolute Gasteiger partial charge is 0.274 e. The van der Waals surface area contributed by atoms with Gasteiger partial charge in [0.2, 0.25) is 15.9 Å². The Morgan fingerprint density at radius 3 is 2.42 bits per heavy atom. The molecule has 1 aliphatic rings. The predicted molar refractivity (Wildman–Crippen MR) is 142 cm³/mol. The molecule has 1 N–H and O–H groups in total. The van der Waals surface area contributed by atoms with Crippen LogP contribution < -0.4 is 15.6 Å². The van der Waals surface area contributed by atoms with Gasteiger partial charge in [-0.2, -0.15) is 9.40 Å². The van der Waals surface area contributed by atoms with Crippen LogP contribution in [0.15, 0.2) is 82.5 Å². The minimum Gasteiger partial charge on any atom is -0.455 e. The Kier molecular flexibility index (Phi) is 7.23. The number of benzene rings is 3. The molecule has 11 heteroatoms. The van der Waals surface area contributed by atoms with Crippen LogP contribution in [-0.2, 0) is 33.0 Å². The molecular formula is C27H26N4O6S. The van der Waals surface area contributed by atoms with E-state index in [4.69, 9.17) is 9.47 Å². The van der Waals surface area contributed by atoms with E-state index in [0.29, 0.717) is 35.4 Å². The molecule has 0 aliphatic carbocycles. The number of hydrogen-bond acceptors (Lipinski definition) is 7. The molecule has 1 amide bonds. The van der Waals surface area contributed by atoms with Crippen molar-refractivity contribution in [3.8, 4) is 11.5 Å². The van der Waals surface area contributed by atoms with E-state index in [0.717, 1.165) is 0 Å². The van der Waals surface area contributed by atoms with E-state index in [1.165, 1.54) is 34.2 Å². The summed E-state index contributed by atoms with van der Waals surface area (Å²) in [6, 6.07) is 20.3. The summed E-state index contributed by atoms with van der Waals surface area (Å²) in [6.07, 6.45) is -0.139. The molecule has 0 radical (unpaired) electrons. The molecule has 1 aliphatic heterocycles. The fraction of sp³-hybridized carbons (Fsp3) is 0.222. The zero-order chi connectivity index (χ0) is 26.7. The van der Waals surface area contributed by atoms with Crippen molar-refractivity contribution in [2.45, 2.75) is 11.3 Å². The summed E-state index contributed by atoms with van der Waals surface area (Å²) in [5.74, 6) is 0.362. The number of aromatic nitrogens is 2. The van der Waals surface area contributed by atoms with Crippen molar-refractivity contribution in [1.82, 2.24) is 14.1 Å². The number of fused-ring (bicyclic) bond motifs is 1. The van der Waals surface area contributed by atoms with Crippen molar-refractivity contribution in [3.63, 3.8) is 0 Å². The summed E-state index contributed by atoms with van der Waals surface area (Å²) in [5.41, 5.74) is 0.356. The van der Waals surface area contributed by atoms with Gasteiger partial charge in [0.1, 0.15) is 5.75 Å². The van der Waals surface area contributed by atoms with Crippen molar-refractivity contribution >= 4 is 32.4 Å². The normalized spacial score (nSPS) is 14.3. The van der Waals surface area contributed by atoms with Gasteiger partial charge in [0.15, 0.2) is 5.75 Å². The number of sulfonamides is 1. The van der Waals surface area contributed by atoms with Crippen LogP contribution >= 0.6 is 0 Å². The average molecular weight is 535 g/mol. The maximum atomic E-state index is 13.3. The number of morpholine rings is 1. The van der Waals surface area contributed by atoms with Gasteiger partial charge in [-0.05, 0) is 36.4 Å². The minimum atomic E-state index is -3.81. The van der Waals surface area contributed by atoms with Gasteiger partial charge >= 0.3 is 0 Å². The molecule has 0 atom stereocenters. The molecule has 0 unspecified atom stereocenters. The average Bonchev–Trinajstić information content (AvgIpc) is 2.93. The van der Waals surface area contributed by atoms with Gasteiger partial charge in [0.05, 0.1) is 41.3 Å². The largest absolute Gasteiger partial charge is 0.455 e. The molecule has 2 heterocycles. The Hall–Kier alpha value is -4.06. The number of ether oxygens (including phenoxy) is 2. The van der Waals surface area contributed by atoms with Crippen molar-refractivity contribution in [2.75, 3.05) is 31.6 Å². The fourth-order valence-electron chi connectivity index (χ4n) is 4.26. The first-order chi connectivity index (χ1) is 18.3. The van der Waals surface area contributed by atoms with Crippen LogP contribution in [0.2, 0.25) is 0 Å². The quantitative estimate of drug-likeness (QED) is 0.387. The SMILES string of the molecule is Cn1nc(CC(=O)Nc2cc(S(=O)(=O)N3CCOCC3)ccc2Oc2ccccc2)c2ccccc2c1=O. The van der Waals surface area contributed by atoms with E-state index in [1.54, 1.807) is 48.5 Å². The van der Waals surface area contributed by atoms with Crippen LogP contribution in [0.5, 0.6) is 11.5 Å². The van der Waals surface area contributed by atoms with Crippen LogP contribution in [0.1, 0.15) is 5.69 Å². The highest BCUT2D eigenvalue weighted by atomic mass is 32.2. The van der Waals surface area contributed by atoms with E-state index in [-0.39, 0.29) is 41.4 Å². The third kappa shape index (κ3) is 5.30. The third-order valence-electron chi connectivity index (χ3n) is 6.16. The van der Waals surface area contributed by atoms with Crippen LogP contribution in [0.3, 0.4) is 0 Å². The molecule has 0 saturated carbocycles. The summed E-state index contributed by atoms with van der Waals surface area (Å²) in [4.78, 5) is 25.7. The molecule has 3 aromatic carbocycles. The molecule has 1 aromatic heterocycles. The summed E-state index contributed by atoms with van der Waals surface area (Å²) >= 11 is 0. The number of aryl methyl sites for hydroxylation is 1. The second-order valence-corrected chi connectivity index (χ2v) is 10.7. The summed E-state index contributed by atoms with van der Waals surface area (Å²) in [6.45, 7) is 1.13. The van der Waals surface area contributed by atoms with Gasteiger partial charge in [-0.15, -0.1) is 0 Å². The lowest BCUT2D eigenvalue weighted by atomic mass is 10.1. The van der Waals surface area contributed by atoms with Gasteiger partial charge in [-0.25, -0.2) is 13.1 Å². The molecule has 10 nitrogen and oxygen atoms in total. The maximum absolute atomic E-state index is 13.3. The molecule has 38 heavy (non-hydrogen) atoms. The van der Waals surface area contributed by atoms with Gasteiger partial charge < -0.3 is 14.8 Å². The van der Waals surface area contributed by atoms with Crippen LogP contribution in [0.25, 0.3) is 10.8 Å². The molecular weight excluding hydrogens is 508 g/mol. The molecule has 196 valence electrons. The molecule has 0 bridgehead atoms. The molecule has 1 saturated heterocycles. The summed E-state index contributed by atoms with van der Waals surface area (Å²) in [7, 11) is -2.28. The zero-order valence-corrected chi connectivity index (χ0v) is 21.5. The number of hydrogen-bond donors (Lipinski definition) is 1. The first-order valence-corrected chi connectivity index (χ1v) is 13.5. The monoisotopic (exact) mass is 534 g/mol. The highest BCUT2D eigenvalue weighted by Gasteiger charge is 2.27. The topological polar surface area (TPSA) is 120 Å². The van der Waals surface area contributed by atoms with E-state index < -0.39 is 15.9 Å². The second-order valence-electron chi connectivity index (χ2n) is 8.74. The summed E-state index contributed by atoms with van der Waals surface area (Å²) in [5, 5.41) is 8.12. The first kappa shape index (κ1) is 25.6. The van der Waals surface area contributed by atoms with Crippen LogP contribution in [0, 0.1) is 0 Å². The lowest BCUT2D eigenvalue weighted by Gasteiger charge is -2.26. The number of nitrogens with zero attached hydrogens (tertiary/aromatic N) is 3. The van der Waals surface area contributed by atoms with Gasteiger partial charge in [0.25, 0.3) is 5.56 Å². The molecule has 0 spiro atoms. The highest BCUT2D eigenvalue weighted by molar-refractivity contribution is 7.89. The molecule has 4 aromatic rings. The Labute approximate surface area is 219 Å². The predicted octanol–water partition coefficient (Wildman–Crippen LogP) is 2.93. The Morgan fingerprint density at radius 1 is 1.00 bits per heavy atom. The zero-order valence-electron chi connectivity index (χ0n) is 20.7. The van der Waals surface area contributed by atoms with Crippen molar-refractivity contribution in [1.29, 1.82) is 0 Å². The van der Waals surface area contributed by atoms with Crippen molar-refractivity contribution in [3.05, 3.63) is 88.8 Å². The number of anilines is 1. The van der Waals surface area contributed by atoms with Crippen molar-refractivity contribution in [2.24, 2.45) is 7.05 Å². The minimum absolute atomic E-state index is 0.0285. The summed E-state index contributed by atoms with van der Waals surface area (Å²) < 4.78 is 40.4. The standard InChI is InChI=1S/C27H26N4O6S/c1-30-27(33)22-10-6-5-9-21(22)23(29-30)18-26(32)28-24-17-20(38(34,35)31-13-15-36-16-14-31)11-12-25(24)37-19-7-3-2-4-8-19/h2-12,17H,13-16,18H2,1H3,(H,28,32). The fourth-order valence-corrected chi connectivity index (χ4v) is 5.70. The lowest BCUT2D eigenvalue weighted by Crippen LogP contribution is -2.40. The number of carbonyl (C=O) groups is 1. The van der Waals surface area contributed by atoms with E-state index in [2.05, 4.69) is 10.4 Å². The lowest BCUT2D eigenvalue weighted by molar-refractivity contribution is -0.115. The Bertz CT molecular complexity index is 1650.